The third kappa shape index (κ3) is 5.02. The lowest BCUT2D eigenvalue weighted by molar-refractivity contribution is -0.148. The molecule has 5 heteroatoms. The number of nitrogens with zero attached hydrogens (tertiary/aromatic N) is 1. The van der Waals surface area contributed by atoms with Crippen LogP contribution in [0.2, 0.25) is 0 Å². The molecule has 5 nitrogen and oxygen atoms in total. The molecule has 1 N–H and O–H groups in total. The van der Waals surface area contributed by atoms with Crippen LogP contribution in [0.4, 0.5) is 5.69 Å². The van der Waals surface area contributed by atoms with Crippen LogP contribution in [-0.4, -0.2) is 22.5 Å². The van der Waals surface area contributed by atoms with E-state index in [9.17, 15) is 9.59 Å². The molecule has 1 heterocycles. The molecule has 0 radical (unpaired) electrons. The molecule has 1 saturated carbocycles. The third-order valence-electron chi connectivity index (χ3n) is 5.86. The molecule has 0 saturated heterocycles. The molecule has 0 unspecified atom stereocenters. The van der Waals surface area contributed by atoms with Gasteiger partial charge >= 0.3 is 5.97 Å². The minimum atomic E-state index is -0.883. The van der Waals surface area contributed by atoms with E-state index in [4.69, 9.17) is 4.74 Å². The van der Waals surface area contributed by atoms with Gasteiger partial charge in [-0.1, -0.05) is 32.0 Å². The lowest BCUT2D eigenvalue weighted by Crippen LogP contribution is -2.29. The zero-order valence-electron chi connectivity index (χ0n) is 18.6. The van der Waals surface area contributed by atoms with Crippen molar-refractivity contribution in [3.63, 3.8) is 0 Å². The fraction of sp³-hybridized carbons (Fsp3) is 0.440. The number of hydrogen-bond donors (Lipinski definition) is 1. The summed E-state index contributed by atoms with van der Waals surface area (Å²) in [5, 5.41) is 2.90. The quantitative estimate of drug-likeness (QED) is 0.461. The minimum Gasteiger partial charge on any atom is -0.449 e. The van der Waals surface area contributed by atoms with E-state index in [1.165, 1.54) is 24.6 Å². The van der Waals surface area contributed by atoms with Gasteiger partial charge in [-0.15, -0.1) is 0 Å². The molecule has 2 aromatic rings. The van der Waals surface area contributed by atoms with Crippen LogP contribution in [0, 0.1) is 13.8 Å². The molecule has 1 aliphatic carbocycles. The second-order valence-corrected chi connectivity index (χ2v) is 8.23. The Morgan fingerprint density at radius 1 is 1.23 bits per heavy atom. The first-order valence-corrected chi connectivity index (χ1v) is 10.8. The Bertz CT molecular complexity index is 953. The normalized spacial score (nSPS) is 15.8. The van der Waals surface area contributed by atoms with E-state index >= 15 is 0 Å². The van der Waals surface area contributed by atoms with E-state index in [0.717, 1.165) is 28.9 Å². The maximum absolute atomic E-state index is 12.6. The molecule has 1 fully saturated rings. The van der Waals surface area contributed by atoms with E-state index in [2.05, 4.69) is 43.6 Å². The highest BCUT2D eigenvalue weighted by Crippen LogP contribution is 2.38. The number of para-hydroxylation sites is 1. The number of aromatic nitrogens is 1. The number of anilines is 1. The molecule has 1 amide bonds. The SMILES string of the molecule is CC[C@@H](C)c1ccccc1NC(=O)[C@H](C)OC(=O)/C=C/c1cc(C)n(C2CC2)c1C. The Kier molecular flexibility index (Phi) is 6.80. The van der Waals surface area contributed by atoms with Gasteiger partial charge in [-0.3, -0.25) is 4.79 Å². The van der Waals surface area contributed by atoms with Crippen LogP contribution in [0.25, 0.3) is 6.08 Å². The number of nitrogens with one attached hydrogen (secondary N) is 1. The van der Waals surface area contributed by atoms with Gasteiger partial charge in [0.25, 0.3) is 5.91 Å². The van der Waals surface area contributed by atoms with E-state index in [-0.39, 0.29) is 5.91 Å². The summed E-state index contributed by atoms with van der Waals surface area (Å²) in [6, 6.07) is 10.4. The fourth-order valence-electron chi connectivity index (χ4n) is 3.79. The van der Waals surface area contributed by atoms with Gasteiger partial charge in [-0.2, -0.15) is 0 Å². The summed E-state index contributed by atoms with van der Waals surface area (Å²) < 4.78 is 7.65. The molecular weight excluding hydrogens is 376 g/mol. The number of hydrogen-bond acceptors (Lipinski definition) is 3. The number of carbonyl (C=O) groups excluding carboxylic acids is 2. The number of esters is 1. The summed E-state index contributed by atoms with van der Waals surface area (Å²) in [4.78, 5) is 24.8. The van der Waals surface area contributed by atoms with Crippen molar-refractivity contribution < 1.29 is 14.3 Å². The molecule has 3 rings (SSSR count). The summed E-state index contributed by atoms with van der Waals surface area (Å²) in [6.45, 7) is 9.99. The lowest BCUT2D eigenvalue weighted by atomic mass is 9.97. The Morgan fingerprint density at radius 2 is 1.93 bits per heavy atom. The molecule has 0 spiro atoms. The van der Waals surface area contributed by atoms with E-state index in [1.807, 2.05) is 24.3 Å². The smallest absolute Gasteiger partial charge is 0.331 e. The van der Waals surface area contributed by atoms with Crippen molar-refractivity contribution in [2.24, 2.45) is 0 Å². The van der Waals surface area contributed by atoms with Crippen molar-refractivity contribution >= 4 is 23.6 Å². The summed E-state index contributed by atoms with van der Waals surface area (Å²) >= 11 is 0. The Morgan fingerprint density at radius 3 is 2.60 bits per heavy atom. The van der Waals surface area contributed by atoms with Crippen LogP contribution < -0.4 is 5.32 Å². The molecular formula is C25H32N2O3. The number of aryl methyl sites for hydroxylation is 1. The van der Waals surface area contributed by atoms with Crippen LogP contribution in [0.15, 0.2) is 36.4 Å². The highest BCUT2D eigenvalue weighted by atomic mass is 16.5. The van der Waals surface area contributed by atoms with Crippen molar-refractivity contribution in [3.8, 4) is 0 Å². The van der Waals surface area contributed by atoms with E-state index in [0.29, 0.717) is 12.0 Å². The van der Waals surface area contributed by atoms with Crippen molar-refractivity contribution in [3.05, 3.63) is 58.9 Å². The molecule has 1 aromatic carbocycles. The largest absolute Gasteiger partial charge is 0.449 e. The van der Waals surface area contributed by atoms with Crippen LogP contribution in [0.3, 0.4) is 0 Å². The monoisotopic (exact) mass is 408 g/mol. The highest BCUT2D eigenvalue weighted by Gasteiger charge is 2.26. The van der Waals surface area contributed by atoms with Crippen molar-refractivity contribution in [1.29, 1.82) is 0 Å². The van der Waals surface area contributed by atoms with Gasteiger partial charge in [-0.25, -0.2) is 4.79 Å². The number of rotatable bonds is 8. The summed E-state index contributed by atoms with van der Waals surface area (Å²) in [5.74, 6) is -0.527. The second kappa shape index (κ2) is 9.33. The zero-order valence-corrected chi connectivity index (χ0v) is 18.6. The predicted molar refractivity (Wildman–Crippen MR) is 121 cm³/mol. The summed E-state index contributed by atoms with van der Waals surface area (Å²) in [5.41, 5.74) is 5.22. The maximum atomic E-state index is 12.6. The lowest BCUT2D eigenvalue weighted by Gasteiger charge is -2.17. The molecule has 30 heavy (non-hydrogen) atoms. The van der Waals surface area contributed by atoms with Crippen molar-refractivity contribution in [2.75, 3.05) is 5.32 Å². The minimum absolute atomic E-state index is 0.330. The number of carbonyl (C=O) groups is 2. The van der Waals surface area contributed by atoms with Crippen molar-refractivity contribution in [2.45, 2.75) is 71.9 Å². The Labute approximate surface area is 179 Å². The molecule has 1 aliphatic rings. The zero-order chi connectivity index (χ0) is 21.8. The number of amides is 1. The first kappa shape index (κ1) is 21.9. The number of ether oxygens (including phenoxy) is 1. The van der Waals surface area contributed by atoms with Crippen LogP contribution in [0.5, 0.6) is 0 Å². The topological polar surface area (TPSA) is 60.3 Å². The number of benzene rings is 1. The molecule has 0 bridgehead atoms. The van der Waals surface area contributed by atoms with Gasteiger partial charge in [0.1, 0.15) is 0 Å². The van der Waals surface area contributed by atoms with E-state index in [1.54, 1.807) is 13.0 Å². The van der Waals surface area contributed by atoms with Gasteiger partial charge in [0, 0.05) is 29.2 Å². The standard InChI is InChI=1S/C25H32N2O3/c1-6-16(2)22-9-7-8-10-23(22)26-25(29)19(5)30-24(28)14-11-20-15-17(3)27(18(20)4)21-12-13-21/h7-11,14-16,19,21H,6,12-13H2,1-5H3,(H,26,29)/b14-11+/t16-,19+/m1/s1. The summed E-state index contributed by atoms with van der Waals surface area (Å²) in [6.07, 6.45) is 5.69. The van der Waals surface area contributed by atoms with Crippen LogP contribution in [-0.2, 0) is 14.3 Å². The van der Waals surface area contributed by atoms with Gasteiger partial charge < -0.3 is 14.6 Å². The average molecular weight is 409 g/mol. The third-order valence-corrected chi connectivity index (χ3v) is 5.86. The van der Waals surface area contributed by atoms with Gasteiger partial charge in [0.2, 0.25) is 0 Å². The molecule has 0 aliphatic heterocycles. The second-order valence-electron chi connectivity index (χ2n) is 8.23. The maximum Gasteiger partial charge on any atom is 0.331 e. The Hall–Kier alpha value is -2.82. The summed E-state index contributed by atoms with van der Waals surface area (Å²) in [7, 11) is 0. The Balaban J connectivity index is 1.60. The highest BCUT2D eigenvalue weighted by molar-refractivity contribution is 5.97. The fourth-order valence-corrected chi connectivity index (χ4v) is 3.79. The molecule has 2 atom stereocenters. The first-order valence-electron chi connectivity index (χ1n) is 10.8. The first-order chi connectivity index (χ1) is 14.3. The molecule has 1 aromatic heterocycles. The predicted octanol–water partition coefficient (Wildman–Crippen LogP) is 5.54. The van der Waals surface area contributed by atoms with Gasteiger partial charge in [0.05, 0.1) is 0 Å². The van der Waals surface area contributed by atoms with Crippen molar-refractivity contribution in [1.82, 2.24) is 4.57 Å². The van der Waals surface area contributed by atoms with Gasteiger partial charge in [-0.05, 0) is 75.3 Å². The molecule has 160 valence electrons. The van der Waals surface area contributed by atoms with E-state index < -0.39 is 12.1 Å². The van der Waals surface area contributed by atoms with Crippen LogP contribution in [0.1, 0.15) is 74.5 Å². The van der Waals surface area contributed by atoms with Crippen LogP contribution >= 0.6 is 0 Å². The van der Waals surface area contributed by atoms with Gasteiger partial charge in [0.15, 0.2) is 6.10 Å². The average Bonchev–Trinajstić information content (AvgIpc) is 3.51.